The molecule has 0 radical (unpaired) electrons. The van der Waals surface area contributed by atoms with E-state index in [9.17, 15) is 20.0 Å². The molecule has 1 aromatic rings. The number of phenols is 1. The number of nitrogens with zero attached hydrogens (tertiary/aromatic N) is 1. The first kappa shape index (κ1) is 13.3. The molecule has 1 heterocycles. The lowest BCUT2D eigenvalue weighted by molar-refractivity contribution is -0.384. The smallest absolute Gasteiger partial charge is 0.296 e. The Labute approximate surface area is 109 Å². The fraction of sp³-hybridized carbons (Fsp3) is 0.417. The summed E-state index contributed by atoms with van der Waals surface area (Å²) in [6.45, 7) is 1.86. The Morgan fingerprint density at radius 3 is 2.84 bits per heavy atom. The molecule has 1 aromatic carbocycles. The normalized spacial score (nSPS) is 22.2. The Hall–Kier alpha value is -2.15. The topological polar surface area (TPSA) is 102 Å². The number of aromatic hydroxyl groups is 1. The highest BCUT2D eigenvalue weighted by Crippen LogP contribution is 2.33. The maximum Gasteiger partial charge on any atom is 0.296 e. The van der Waals surface area contributed by atoms with Gasteiger partial charge in [0.05, 0.1) is 11.0 Å². The van der Waals surface area contributed by atoms with Crippen LogP contribution < -0.4 is 5.32 Å². The Morgan fingerprint density at radius 2 is 2.26 bits per heavy atom. The predicted molar refractivity (Wildman–Crippen MR) is 67.0 cm³/mol. The number of phenolic OH excluding ortho intramolecular Hbond substituents is 1. The van der Waals surface area contributed by atoms with E-state index in [2.05, 4.69) is 5.32 Å². The van der Waals surface area contributed by atoms with Crippen LogP contribution in [0.5, 0.6) is 5.75 Å². The number of benzene rings is 1. The van der Waals surface area contributed by atoms with E-state index in [1.54, 1.807) is 0 Å². The Morgan fingerprint density at radius 1 is 1.53 bits per heavy atom. The highest BCUT2D eigenvalue weighted by Gasteiger charge is 2.30. The summed E-state index contributed by atoms with van der Waals surface area (Å²) in [5.41, 5.74) is -0.542. The van der Waals surface area contributed by atoms with Crippen LogP contribution in [0, 0.1) is 10.1 Å². The lowest BCUT2D eigenvalue weighted by atomic mass is 10.2. The highest BCUT2D eigenvalue weighted by molar-refractivity contribution is 5.97. The standard InChI is InChI=1S/C12H14N2O5/c1-7-5-6-10(19-7)12(16)13-11-8(14(17)18)3-2-4-9(11)15/h2-4,7,10,15H,5-6H2,1H3,(H,13,16). The summed E-state index contributed by atoms with van der Waals surface area (Å²) >= 11 is 0. The quantitative estimate of drug-likeness (QED) is 0.493. The number of hydrogen-bond donors (Lipinski definition) is 2. The summed E-state index contributed by atoms with van der Waals surface area (Å²) in [5, 5.41) is 22.8. The van der Waals surface area contributed by atoms with E-state index < -0.39 is 16.9 Å². The van der Waals surface area contributed by atoms with Crippen LogP contribution in [0.1, 0.15) is 19.8 Å². The SMILES string of the molecule is CC1CCC(C(=O)Nc2c(O)cccc2[N+](=O)[O-])O1. The van der Waals surface area contributed by atoms with Crippen LogP contribution in [0.25, 0.3) is 0 Å². The largest absolute Gasteiger partial charge is 0.505 e. The van der Waals surface area contributed by atoms with E-state index >= 15 is 0 Å². The molecule has 0 bridgehead atoms. The van der Waals surface area contributed by atoms with Gasteiger partial charge in [-0.1, -0.05) is 6.07 Å². The third kappa shape index (κ3) is 2.82. The maximum absolute atomic E-state index is 11.9. The molecule has 1 amide bonds. The molecule has 1 aliphatic heterocycles. The average Bonchev–Trinajstić information content (AvgIpc) is 2.78. The van der Waals surface area contributed by atoms with Crippen molar-refractivity contribution in [1.82, 2.24) is 0 Å². The minimum Gasteiger partial charge on any atom is -0.505 e. The van der Waals surface area contributed by atoms with Crippen molar-refractivity contribution in [1.29, 1.82) is 0 Å². The maximum atomic E-state index is 11.9. The monoisotopic (exact) mass is 266 g/mol. The van der Waals surface area contributed by atoms with Gasteiger partial charge in [-0.25, -0.2) is 0 Å². The van der Waals surface area contributed by atoms with E-state index in [-0.39, 0.29) is 23.2 Å². The minimum atomic E-state index is -0.659. The Bertz CT molecular complexity index is 517. The van der Waals surface area contributed by atoms with Crippen molar-refractivity contribution in [3.05, 3.63) is 28.3 Å². The molecule has 1 fully saturated rings. The number of carbonyl (C=O) groups excluding carboxylic acids is 1. The molecular formula is C12H14N2O5. The molecule has 0 aliphatic carbocycles. The van der Waals surface area contributed by atoms with Gasteiger partial charge in [-0.3, -0.25) is 14.9 Å². The molecule has 2 N–H and O–H groups in total. The number of anilines is 1. The van der Waals surface area contributed by atoms with Crippen LogP contribution in [0.15, 0.2) is 18.2 Å². The minimum absolute atomic E-state index is 0.00453. The number of ether oxygens (including phenoxy) is 1. The van der Waals surface area contributed by atoms with Gasteiger partial charge in [0.2, 0.25) is 0 Å². The zero-order valence-corrected chi connectivity index (χ0v) is 10.3. The van der Waals surface area contributed by atoms with E-state index in [0.29, 0.717) is 6.42 Å². The summed E-state index contributed by atoms with van der Waals surface area (Å²) in [7, 11) is 0. The van der Waals surface area contributed by atoms with Crippen molar-refractivity contribution in [2.75, 3.05) is 5.32 Å². The summed E-state index contributed by atoms with van der Waals surface area (Å²) in [6, 6.07) is 3.84. The zero-order valence-electron chi connectivity index (χ0n) is 10.3. The molecule has 0 spiro atoms. The lowest BCUT2D eigenvalue weighted by Gasteiger charge is -2.12. The van der Waals surface area contributed by atoms with E-state index in [0.717, 1.165) is 6.42 Å². The lowest BCUT2D eigenvalue weighted by Crippen LogP contribution is -2.28. The molecule has 0 aromatic heterocycles. The van der Waals surface area contributed by atoms with E-state index in [1.807, 2.05) is 6.92 Å². The van der Waals surface area contributed by atoms with Crippen LogP contribution in [-0.2, 0) is 9.53 Å². The fourth-order valence-electron chi connectivity index (χ4n) is 2.01. The average molecular weight is 266 g/mol. The first-order valence-electron chi connectivity index (χ1n) is 5.91. The van der Waals surface area contributed by atoms with E-state index in [4.69, 9.17) is 4.74 Å². The van der Waals surface area contributed by atoms with Crippen molar-refractivity contribution in [2.24, 2.45) is 0 Å². The van der Waals surface area contributed by atoms with Crippen molar-refractivity contribution in [2.45, 2.75) is 32.0 Å². The van der Waals surface area contributed by atoms with E-state index in [1.165, 1.54) is 18.2 Å². The van der Waals surface area contributed by atoms with Gasteiger partial charge in [-0.2, -0.15) is 0 Å². The fourth-order valence-corrected chi connectivity index (χ4v) is 2.01. The molecule has 1 aliphatic rings. The Balaban J connectivity index is 2.19. The zero-order chi connectivity index (χ0) is 14.0. The van der Waals surface area contributed by atoms with Gasteiger partial charge in [-0.15, -0.1) is 0 Å². The second kappa shape index (κ2) is 5.23. The van der Waals surface area contributed by atoms with Gasteiger partial charge in [0.25, 0.3) is 11.6 Å². The number of hydrogen-bond acceptors (Lipinski definition) is 5. The summed E-state index contributed by atoms with van der Waals surface area (Å²) in [4.78, 5) is 22.1. The molecule has 0 saturated carbocycles. The number of rotatable bonds is 3. The molecule has 7 heteroatoms. The van der Waals surface area contributed by atoms with Gasteiger partial charge in [0, 0.05) is 6.07 Å². The van der Waals surface area contributed by atoms with Gasteiger partial charge in [0.15, 0.2) is 5.69 Å². The van der Waals surface area contributed by atoms with Crippen molar-refractivity contribution in [3.63, 3.8) is 0 Å². The highest BCUT2D eigenvalue weighted by atomic mass is 16.6. The summed E-state index contributed by atoms with van der Waals surface area (Å²) < 4.78 is 5.37. The van der Waals surface area contributed by atoms with Gasteiger partial charge >= 0.3 is 0 Å². The number of nitro groups is 1. The molecule has 19 heavy (non-hydrogen) atoms. The summed E-state index contributed by atoms with van der Waals surface area (Å²) in [6.07, 6.45) is 0.694. The molecule has 1 saturated heterocycles. The molecule has 2 unspecified atom stereocenters. The van der Waals surface area contributed by atoms with Crippen molar-refractivity contribution >= 4 is 17.3 Å². The van der Waals surface area contributed by atoms with Gasteiger partial charge < -0.3 is 15.2 Å². The third-order valence-electron chi connectivity index (χ3n) is 2.99. The molecule has 2 rings (SSSR count). The number of carbonyl (C=O) groups is 1. The predicted octanol–water partition coefficient (Wildman–Crippen LogP) is 1.81. The molecule has 2 atom stereocenters. The van der Waals surface area contributed by atoms with Gasteiger partial charge in [-0.05, 0) is 25.8 Å². The number of para-hydroxylation sites is 1. The second-order valence-corrected chi connectivity index (χ2v) is 4.43. The van der Waals surface area contributed by atoms with Crippen LogP contribution in [0.3, 0.4) is 0 Å². The van der Waals surface area contributed by atoms with Crippen LogP contribution in [-0.4, -0.2) is 28.1 Å². The van der Waals surface area contributed by atoms with Crippen molar-refractivity contribution in [3.8, 4) is 5.75 Å². The Kier molecular flexibility index (Phi) is 3.66. The van der Waals surface area contributed by atoms with Crippen LogP contribution >= 0.6 is 0 Å². The van der Waals surface area contributed by atoms with Crippen LogP contribution in [0.2, 0.25) is 0 Å². The summed E-state index contributed by atoms with van der Waals surface area (Å²) in [5.74, 6) is -0.817. The molecule has 7 nitrogen and oxygen atoms in total. The number of nitro benzene ring substituents is 1. The first-order valence-corrected chi connectivity index (χ1v) is 5.91. The van der Waals surface area contributed by atoms with Crippen molar-refractivity contribution < 1.29 is 19.6 Å². The van der Waals surface area contributed by atoms with Gasteiger partial charge in [0.1, 0.15) is 11.9 Å². The van der Waals surface area contributed by atoms with Crippen LogP contribution in [0.4, 0.5) is 11.4 Å². The second-order valence-electron chi connectivity index (χ2n) is 4.43. The molecule has 102 valence electrons. The third-order valence-corrected chi connectivity index (χ3v) is 2.99. The number of nitrogens with one attached hydrogen (secondary N) is 1. The number of amides is 1. The molecular weight excluding hydrogens is 252 g/mol. The first-order chi connectivity index (χ1) is 8.99.